The second-order valence-electron chi connectivity index (χ2n) is 3.84. The van der Waals surface area contributed by atoms with E-state index in [1.165, 1.54) is 12.1 Å². The Morgan fingerprint density at radius 3 is 2.59 bits per heavy atom. The van der Waals surface area contributed by atoms with Crippen molar-refractivity contribution in [2.45, 2.75) is 26.3 Å². The van der Waals surface area contributed by atoms with Crippen LogP contribution in [0.2, 0.25) is 0 Å². The Kier molecular flexibility index (Phi) is 4.23. The lowest BCUT2D eigenvalue weighted by atomic mass is 10.1. The summed E-state index contributed by atoms with van der Waals surface area (Å²) in [7, 11) is 0. The zero-order chi connectivity index (χ0) is 13.0. The molecule has 4 N–H and O–H groups in total. The summed E-state index contributed by atoms with van der Waals surface area (Å²) in [5, 5.41) is 11.5. The Bertz CT molecular complexity index is 443. The van der Waals surface area contributed by atoms with E-state index in [4.69, 9.17) is 10.8 Å². The van der Waals surface area contributed by atoms with E-state index in [2.05, 4.69) is 5.32 Å². The number of nitrogens with one attached hydrogen (secondary N) is 1. The van der Waals surface area contributed by atoms with Crippen molar-refractivity contribution in [2.75, 3.05) is 5.32 Å². The molecule has 5 nitrogen and oxygen atoms in total. The van der Waals surface area contributed by atoms with E-state index in [1.807, 2.05) is 6.92 Å². The molecule has 0 saturated heterocycles. The van der Waals surface area contributed by atoms with Crippen LogP contribution in [0.1, 0.15) is 29.3 Å². The molecule has 0 saturated carbocycles. The number of aryl methyl sites for hydroxylation is 1. The smallest absolute Gasteiger partial charge is 0.335 e. The molecule has 0 bridgehead atoms. The van der Waals surface area contributed by atoms with E-state index >= 15 is 0 Å². The highest BCUT2D eigenvalue weighted by molar-refractivity contribution is 5.96. The van der Waals surface area contributed by atoms with E-state index in [-0.39, 0.29) is 11.5 Å². The Morgan fingerprint density at radius 1 is 1.47 bits per heavy atom. The van der Waals surface area contributed by atoms with E-state index in [0.29, 0.717) is 17.7 Å². The lowest BCUT2D eigenvalue weighted by Gasteiger charge is -2.12. The van der Waals surface area contributed by atoms with Crippen LogP contribution >= 0.6 is 0 Å². The number of hydrogen-bond acceptors (Lipinski definition) is 3. The molecule has 0 radical (unpaired) electrons. The average Bonchev–Trinajstić information content (AvgIpc) is 2.30. The number of carbonyl (C=O) groups excluding carboxylic acids is 1. The van der Waals surface area contributed by atoms with Crippen molar-refractivity contribution in [1.82, 2.24) is 0 Å². The molecule has 17 heavy (non-hydrogen) atoms. The van der Waals surface area contributed by atoms with Crippen LogP contribution in [0.3, 0.4) is 0 Å². The van der Waals surface area contributed by atoms with Gasteiger partial charge in [-0.15, -0.1) is 0 Å². The Balaban J connectivity index is 2.86. The summed E-state index contributed by atoms with van der Waals surface area (Å²) in [6.07, 6.45) is 0.554. The fourth-order valence-corrected chi connectivity index (χ4v) is 1.35. The lowest BCUT2D eigenvalue weighted by molar-refractivity contribution is -0.117. The second-order valence-corrected chi connectivity index (χ2v) is 3.84. The van der Waals surface area contributed by atoms with Gasteiger partial charge in [0.1, 0.15) is 0 Å². The Labute approximate surface area is 99.6 Å². The van der Waals surface area contributed by atoms with Crippen LogP contribution in [0.25, 0.3) is 0 Å². The van der Waals surface area contributed by atoms with Gasteiger partial charge < -0.3 is 16.2 Å². The van der Waals surface area contributed by atoms with Crippen LogP contribution in [0.4, 0.5) is 5.69 Å². The summed E-state index contributed by atoms with van der Waals surface area (Å²) in [5.41, 5.74) is 7.06. The molecule has 1 amide bonds. The number of carboxylic acid groups (broad SMARTS) is 1. The number of amides is 1. The SMILES string of the molecule is CCC(N)C(=O)Nc1ccc(C(=O)O)cc1C. The van der Waals surface area contributed by atoms with E-state index in [9.17, 15) is 9.59 Å². The predicted octanol–water partition coefficient (Wildman–Crippen LogP) is 1.37. The molecular formula is C12H16N2O3. The minimum Gasteiger partial charge on any atom is -0.478 e. The standard InChI is InChI=1S/C12H16N2O3/c1-3-9(13)11(15)14-10-5-4-8(12(16)17)6-7(10)2/h4-6,9H,3,13H2,1-2H3,(H,14,15)(H,16,17). The molecule has 0 spiro atoms. The fraction of sp³-hybridized carbons (Fsp3) is 0.333. The van der Waals surface area contributed by atoms with Crippen LogP contribution in [-0.4, -0.2) is 23.0 Å². The third-order valence-electron chi connectivity index (χ3n) is 2.51. The summed E-state index contributed by atoms with van der Waals surface area (Å²) in [6.45, 7) is 3.56. The molecule has 1 aromatic carbocycles. The van der Waals surface area contributed by atoms with E-state index in [1.54, 1.807) is 13.0 Å². The number of hydrogen-bond donors (Lipinski definition) is 3. The van der Waals surface area contributed by atoms with Crippen LogP contribution < -0.4 is 11.1 Å². The van der Waals surface area contributed by atoms with Gasteiger partial charge in [-0.3, -0.25) is 4.79 Å². The topological polar surface area (TPSA) is 92.4 Å². The highest BCUT2D eigenvalue weighted by atomic mass is 16.4. The quantitative estimate of drug-likeness (QED) is 0.736. The zero-order valence-electron chi connectivity index (χ0n) is 9.86. The summed E-state index contributed by atoms with van der Waals surface area (Å²) < 4.78 is 0. The number of rotatable bonds is 4. The molecule has 0 aliphatic rings. The van der Waals surface area contributed by atoms with Gasteiger partial charge in [0.25, 0.3) is 0 Å². The minimum atomic E-state index is -0.990. The summed E-state index contributed by atoms with van der Waals surface area (Å²) in [5.74, 6) is -1.25. The number of benzene rings is 1. The van der Waals surface area contributed by atoms with Crippen molar-refractivity contribution in [1.29, 1.82) is 0 Å². The lowest BCUT2D eigenvalue weighted by Crippen LogP contribution is -2.35. The minimum absolute atomic E-state index is 0.195. The molecule has 0 aliphatic heterocycles. The molecule has 1 aromatic rings. The normalized spacial score (nSPS) is 11.9. The summed E-state index contributed by atoms with van der Waals surface area (Å²) in [6, 6.07) is 3.98. The van der Waals surface area contributed by atoms with Crippen molar-refractivity contribution >= 4 is 17.6 Å². The van der Waals surface area contributed by atoms with Gasteiger partial charge in [0.2, 0.25) is 5.91 Å². The number of aromatic carboxylic acids is 1. The summed E-state index contributed by atoms with van der Waals surface area (Å²) in [4.78, 5) is 22.3. The maximum absolute atomic E-state index is 11.6. The third-order valence-corrected chi connectivity index (χ3v) is 2.51. The number of carbonyl (C=O) groups is 2. The van der Waals surface area contributed by atoms with Gasteiger partial charge in [0, 0.05) is 5.69 Å². The first kappa shape index (κ1) is 13.2. The average molecular weight is 236 g/mol. The highest BCUT2D eigenvalue weighted by Gasteiger charge is 2.13. The molecule has 0 aliphatic carbocycles. The molecule has 92 valence electrons. The number of anilines is 1. The van der Waals surface area contributed by atoms with Gasteiger partial charge in [0.15, 0.2) is 0 Å². The molecule has 0 aromatic heterocycles. The molecule has 0 heterocycles. The predicted molar refractivity (Wildman–Crippen MR) is 65.0 cm³/mol. The van der Waals surface area contributed by atoms with Crippen molar-refractivity contribution in [3.63, 3.8) is 0 Å². The summed E-state index contributed by atoms with van der Waals surface area (Å²) >= 11 is 0. The number of carboxylic acids is 1. The van der Waals surface area contributed by atoms with Crippen LogP contribution in [0, 0.1) is 6.92 Å². The Hall–Kier alpha value is -1.88. The van der Waals surface area contributed by atoms with Crippen LogP contribution in [-0.2, 0) is 4.79 Å². The first-order chi connectivity index (χ1) is 7.95. The van der Waals surface area contributed by atoms with E-state index in [0.717, 1.165) is 0 Å². The molecule has 0 fully saturated rings. The fourth-order valence-electron chi connectivity index (χ4n) is 1.35. The molecule has 1 rings (SSSR count). The zero-order valence-corrected chi connectivity index (χ0v) is 9.86. The Morgan fingerprint density at radius 2 is 2.12 bits per heavy atom. The van der Waals surface area contributed by atoms with Crippen LogP contribution in [0.15, 0.2) is 18.2 Å². The maximum atomic E-state index is 11.6. The van der Waals surface area contributed by atoms with Gasteiger partial charge >= 0.3 is 5.97 Å². The third kappa shape index (κ3) is 3.29. The first-order valence-corrected chi connectivity index (χ1v) is 5.36. The molecule has 1 unspecified atom stereocenters. The van der Waals surface area contributed by atoms with Gasteiger partial charge in [-0.05, 0) is 37.1 Å². The van der Waals surface area contributed by atoms with Crippen molar-refractivity contribution < 1.29 is 14.7 Å². The van der Waals surface area contributed by atoms with E-state index < -0.39 is 12.0 Å². The molecular weight excluding hydrogens is 220 g/mol. The van der Waals surface area contributed by atoms with Gasteiger partial charge in [-0.25, -0.2) is 4.79 Å². The van der Waals surface area contributed by atoms with Crippen molar-refractivity contribution in [2.24, 2.45) is 5.73 Å². The molecule has 5 heteroatoms. The van der Waals surface area contributed by atoms with Gasteiger partial charge in [0.05, 0.1) is 11.6 Å². The van der Waals surface area contributed by atoms with Crippen molar-refractivity contribution in [3.8, 4) is 0 Å². The van der Waals surface area contributed by atoms with Crippen LogP contribution in [0.5, 0.6) is 0 Å². The maximum Gasteiger partial charge on any atom is 0.335 e. The largest absolute Gasteiger partial charge is 0.478 e. The highest BCUT2D eigenvalue weighted by Crippen LogP contribution is 2.16. The first-order valence-electron chi connectivity index (χ1n) is 5.36. The second kappa shape index (κ2) is 5.45. The molecule has 1 atom stereocenters. The monoisotopic (exact) mass is 236 g/mol. The van der Waals surface area contributed by atoms with Gasteiger partial charge in [-0.1, -0.05) is 6.92 Å². The number of nitrogens with two attached hydrogens (primary N) is 1. The van der Waals surface area contributed by atoms with Gasteiger partial charge in [-0.2, -0.15) is 0 Å². The van der Waals surface area contributed by atoms with Crippen molar-refractivity contribution in [3.05, 3.63) is 29.3 Å².